The molecule has 2 aliphatic carbocycles. The smallest absolute Gasteiger partial charge is 0.221 e. The van der Waals surface area contributed by atoms with Crippen molar-refractivity contribution >= 4 is 0 Å². The molecule has 87 valence electrons. The molecule has 0 spiro atoms. The van der Waals surface area contributed by atoms with Crippen molar-refractivity contribution in [3.8, 4) is 0 Å². The van der Waals surface area contributed by atoms with E-state index in [-0.39, 0.29) is 17.3 Å². The van der Waals surface area contributed by atoms with Gasteiger partial charge in [0.05, 0.1) is 5.60 Å². The Morgan fingerprint density at radius 3 is 2.67 bits per heavy atom. The molecule has 1 N–H and O–H groups in total. The summed E-state index contributed by atoms with van der Waals surface area (Å²) in [5.74, 6) is 1.38. The van der Waals surface area contributed by atoms with Crippen LogP contribution in [0.5, 0.6) is 0 Å². The third-order valence-electron chi connectivity index (χ3n) is 4.64. The van der Waals surface area contributed by atoms with Gasteiger partial charge in [0.15, 0.2) is 0 Å². The van der Waals surface area contributed by atoms with E-state index in [1.54, 1.807) is 0 Å². The Kier molecular flexibility index (Phi) is 2.63. The molecule has 1 radical (unpaired) electrons. The first kappa shape index (κ1) is 11.4. The molecule has 3 atom stereocenters. The van der Waals surface area contributed by atoms with E-state index < -0.39 is 0 Å². The molecule has 2 aliphatic rings. The predicted molar refractivity (Wildman–Crippen MR) is 59.6 cm³/mol. The Balaban J connectivity index is 2.11. The van der Waals surface area contributed by atoms with Crippen LogP contribution in [0.3, 0.4) is 0 Å². The lowest BCUT2D eigenvalue weighted by molar-refractivity contribution is -0.0939. The summed E-state index contributed by atoms with van der Waals surface area (Å²) in [6, 6.07) is 0. The fourth-order valence-corrected chi connectivity index (χ4v) is 3.52. The van der Waals surface area contributed by atoms with Crippen LogP contribution in [0.4, 0.5) is 0 Å². The molecule has 0 aromatic heterocycles. The lowest BCUT2D eigenvalue weighted by atomic mass is 9.88. The normalized spacial score (nSPS) is 42.8. The highest BCUT2D eigenvalue weighted by molar-refractivity contribution is 5.22. The van der Waals surface area contributed by atoms with E-state index in [0.29, 0.717) is 12.3 Å². The second-order valence-corrected chi connectivity index (χ2v) is 5.90. The van der Waals surface area contributed by atoms with E-state index >= 15 is 0 Å². The van der Waals surface area contributed by atoms with E-state index in [2.05, 4.69) is 20.8 Å². The Morgan fingerprint density at radius 2 is 2.07 bits per heavy atom. The van der Waals surface area contributed by atoms with Crippen molar-refractivity contribution < 1.29 is 9.84 Å². The number of aliphatic hydroxyl groups excluding tert-OH is 1. The molecule has 15 heavy (non-hydrogen) atoms. The van der Waals surface area contributed by atoms with Crippen LogP contribution in [0.1, 0.15) is 53.4 Å². The second kappa shape index (κ2) is 3.46. The third kappa shape index (κ3) is 1.53. The summed E-state index contributed by atoms with van der Waals surface area (Å²) in [7, 11) is 0. The molecule has 2 nitrogen and oxygen atoms in total. The SMILES string of the molecule is CC[C](O)OC12CC(C)CCC1C2(C)C. The quantitative estimate of drug-likeness (QED) is 0.774. The van der Waals surface area contributed by atoms with Gasteiger partial charge < -0.3 is 9.84 Å². The van der Waals surface area contributed by atoms with Crippen LogP contribution in [0.25, 0.3) is 0 Å². The van der Waals surface area contributed by atoms with E-state index in [1.165, 1.54) is 12.8 Å². The number of hydrogen-bond donors (Lipinski definition) is 1. The highest BCUT2D eigenvalue weighted by Crippen LogP contribution is 2.71. The van der Waals surface area contributed by atoms with Crippen molar-refractivity contribution in [3.63, 3.8) is 0 Å². The number of rotatable bonds is 3. The van der Waals surface area contributed by atoms with E-state index in [4.69, 9.17) is 4.74 Å². The Bertz CT molecular complexity index is 249. The van der Waals surface area contributed by atoms with Crippen molar-refractivity contribution in [2.24, 2.45) is 17.3 Å². The Labute approximate surface area is 93.0 Å². The molecule has 0 saturated heterocycles. The predicted octanol–water partition coefficient (Wildman–Crippen LogP) is 3.49. The molecule has 2 fully saturated rings. The Morgan fingerprint density at radius 1 is 1.40 bits per heavy atom. The van der Waals surface area contributed by atoms with Crippen molar-refractivity contribution in [2.75, 3.05) is 0 Å². The first-order valence-corrected chi connectivity index (χ1v) is 6.18. The first-order valence-electron chi connectivity index (χ1n) is 6.18. The van der Waals surface area contributed by atoms with Crippen LogP contribution in [-0.4, -0.2) is 10.7 Å². The molecule has 2 saturated carbocycles. The van der Waals surface area contributed by atoms with Crippen LogP contribution in [0, 0.1) is 23.5 Å². The number of hydrogen-bond acceptors (Lipinski definition) is 2. The monoisotopic (exact) mass is 211 g/mol. The summed E-state index contributed by atoms with van der Waals surface area (Å²) >= 11 is 0. The maximum Gasteiger partial charge on any atom is 0.221 e. The molecule has 0 amide bonds. The molecule has 2 heteroatoms. The van der Waals surface area contributed by atoms with Gasteiger partial charge >= 0.3 is 0 Å². The van der Waals surface area contributed by atoms with Crippen molar-refractivity contribution in [3.05, 3.63) is 6.29 Å². The summed E-state index contributed by atoms with van der Waals surface area (Å²) in [5, 5.41) is 9.61. The maximum absolute atomic E-state index is 9.61. The van der Waals surface area contributed by atoms with Crippen molar-refractivity contribution in [1.29, 1.82) is 0 Å². The molecule has 0 aromatic carbocycles. The Hall–Kier alpha value is -0.0800. The topological polar surface area (TPSA) is 29.5 Å². The first-order chi connectivity index (χ1) is 6.94. The zero-order valence-corrected chi connectivity index (χ0v) is 10.3. The number of ether oxygens (including phenoxy) is 1. The van der Waals surface area contributed by atoms with Crippen LogP contribution < -0.4 is 0 Å². The molecule has 3 unspecified atom stereocenters. The fourth-order valence-electron chi connectivity index (χ4n) is 3.52. The van der Waals surface area contributed by atoms with Crippen molar-refractivity contribution in [2.45, 2.75) is 59.0 Å². The minimum Gasteiger partial charge on any atom is -0.361 e. The summed E-state index contributed by atoms with van der Waals surface area (Å²) < 4.78 is 5.86. The van der Waals surface area contributed by atoms with E-state index in [0.717, 1.165) is 12.3 Å². The third-order valence-corrected chi connectivity index (χ3v) is 4.64. The molecule has 0 aromatic rings. The molecule has 2 rings (SSSR count). The second-order valence-electron chi connectivity index (χ2n) is 5.90. The molecule has 0 heterocycles. The van der Waals surface area contributed by atoms with Crippen LogP contribution in [-0.2, 0) is 4.74 Å². The largest absolute Gasteiger partial charge is 0.361 e. The highest BCUT2D eigenvalue weighted by Gasteiger charge is 2.73. The van der Waals surface area contributed by atoms with Gasteiger partial charge in [-0.05, 0) is 30.1 Å². The molecular weight excluding hydrogens is 188 g/mol. The maximum atomic E-state index is 9.61. The lowest BCUT2D eigenvalue weighted by Gasteiger charge is -2.29. The van der Waals surface area contributed by atoms with Gasteiger partial charge in [-0.2, -0.15) is 0 Å². The van der Waals surface area contributed by atoms with E-state index in [1.807, 2.05) is 6.92 Å². The van der Waals surface area contributed by atoms with Gasteiger partial charge in [-0.3, -0.25) is 0 Å². The minimum absolute atomic E-state index is 0.0508. The average molecular weight is 211 g/mol. The lowest BCUT2D eigenvalue weighted by Crippen LogP contribution is -2.29. The number of fused-ring (bicyclic) bond motifs is 1. The average Bonchev–Trinajstić information content (AvgIpc) is 2.62. The highest BCUT2D eigenvalue weighted by atomic mass is 16.6. The summed E-state index contributed by atoms with van der Waals surface area (Å²) in [6.45, 7) is 8.78. The fraction of sp³-hybridized carbons (Fsp3) is 0.923. The standard InChI is InChI=1S/C13H23O2/c1-5-11(14)15-13-8-9(2)6-7-10(13)12(13,3)4/h9-10,14H,5-8H2,1-4H3. The van der Waals surface area contributed by atoms with Gasteiger partial charge in [0.1, 0.15) is 0 Å². The molecule has 0 bridgehead atoms. The van der Waals surface area contributed by atoms with Gasteiger partial charge in [0.2, 0.25) is 6.29 Å². The van der Waals surface area contributed by atoms with E-state index in [9.17, 15) is 5.11 Å². The summed E-state index contributed by atoms with van der Waals surface area (Å²) in [5.41, 5.74) is 0.200. The minimum atomic E-state index is -0.0508. The zero-order chi connectivity index (χ0) is 11.3. The van der Waals surface area contributed by atoms with Crippen LogP contribution in [0.15, 0.2) is 0 Å². The van der Waals surface area contributed by atoms with Crippen molar-refractivity contribution in [1.82, 2.24) is 0 Å². The van der Waals surface area contributed by atoms with Gasteiger partial charge in [-0.25, -0.2) is 0 Å². The van der Waals surface area contributed by atoms with Gasteiger partial charge in [-0.15, -0.1) is 0 Å². The molecular formula is C13H23O2. The van der Waals surface area contributed by atoms with Crippen LogP contribution in [0.2, 0.25) is 0 Å². The van der Waals surface area contributed by atoms with Gasteiger partial charge in [-0.1, -0.05) is 34.1 Å². The summed E-state index contributed by atoms with van der Waals surface area (Å²) in [6.07, 6.45) is 4.50. The van der Waals surface area contributed by atoms with Gasteiger partial charge in [0, 0.05) is 6.42 Å². The van der Waals surface area contributed by atoms with Crippen LogP contribution >= 0.6 is 0 Å². The number of aliphatic hydroxyl groups is 1. The zero-order valence-electron chi connectivity index (χ0n) is 10.3. The van der Waals surface area contributed by atoms with Gasteiger partial charge in [0.25, 0.3) is 0 Å². The molecule has 0 aliphatic heterocycles. The summed E-state index contributed by atoms with van der Waals surface area (Å²) in [4.78, 5) is 0.